The summed E-state index contributed by atoms with van der Waals surface area (Å²) in [5.41, 5.74) is 2.33. The lowest BCUT2D eigenvalue weighted by molar-refractivity contribution is 0.0358. The lowest BCUT2D eigenvalue weighted by Crippen LogP contribution is -2.37. The van der Waals surface area contributed by atoms with Crippen molar-refractivity contribution < 1.29 is 19.0 Å². The predicted octanol–water partition coefficient (Wildman–Crippen LogP) is 7.22. The van der Waals surface area contributed by atoms with Gasteiger partial charge in [-0.3, -0.25) is 9.69 Å². The first-order valence-corrected chi connectivity index (χ1v) is 14.1. The fraction of sp³-hybridized carbons (Fsp3) is 0.344. The number of halogens is 1. The Balaban J connectivity index is 1.30. The number of aromatic nitrogens is 1. The Labute approximate surface area is 235 Å². The van der Waals surface area contributed by atoms with E-state index in [1.54, 1.807) is 12.1 Å². The molecule has 0 atom stereocenters. The minimum Gasteiger partial charge on any atom is -0.494 e. The van der Waals surface area contributed by atoms with Crippen molar-refractivity contribution >= 4 is 28.3 Å². The van der Waals surface area contributed by atoms with Crippen molar-refractivity contribution in [1.82, 2.24) is 9.47 Å². The van der Waals surface area contributed by atoms with Gasteiger partial charge >= 0.3 is 0 Å². The number of morpholine rings is 1. The fourth-order valence-electron chi connectivity index (χ4n) is 4.83. The summed E-state index contributed by atoms with van der Waals surface area (Å²) in [6.07, 6.45) is 5.05. The van der Waals surface area contributed by atoms with Gasteiger partial charge in [0.1, 0.15) is 17.2 Å². The summed E-state index contributed by atoms with van der Waals surface area (Å²) in [7, 11) is 0. The van der Waals surface area contributed by atoms with Crippen LogP contribution in [0.4, 0.5) is 0 Å². The molecular weight excluding hydrogens is 512 g/mol. The first-order valence-electron chi connectivity index (χ1n) is 13.7. The van der Waals surface area contributed by atoms with E-state index in [1.165, 1.54) is 0 Å². The maximum atomic E-state index is 13.7. The number of hydrogen-bond donors (Lipinski definition) is 0. The standard InChI is InChI=1S/C32H35ClN2O4/c1-2-3-16-35-23-30(29-22-28(13-14-31(29)35)39-27-11-7-25(33)8-12-27)32(36)24-5-9-26(10-6-24)38-19-4-15-34-17-20-37-21-18-34/h5-14,22-23H,2-4,15-21H2,1H3. The van der Waals surface area contributed by atoms with Crippen LogP contribution >= 0.6 is 11.6 Å². The third-order valence-corrected chi connectivity index (χ3v) is 7.26. The second-order valence-corrected chi connectivity index (χ2v) is 10.3. The van der Waals surface area contributed by atoms with E-state index >= 15 is 0 Å². The molecule has 3 aromatic carbocycles. The normalized spacial score (nSPS) is 14.0. The van der Waals surface area contributed by atoms with E-state index in [0.717, 1.165) is 75.3 Å². The number of ether oxygens (including phenoxy) is 3. The molecule has 2 heterocycles. The van der Waals surface area contributed by atoms with Crippen LogP contribution < -0.4 is 9.47 Å². The van der Waals surface area contributed by atoms with Gasteiger partial charge in [-0.1, -0.05) is 24.9 Å². The highest BCUT2D eigenvalue weighted by atomic mass is 35.5. The summed E-state index contributed by atoms with van der Waals surface area (Å²) in [5, 5.41) is 1.54. The molecule has 4 aromatic rings. The Morgan fingerprint density at radius 3 is 2.36 bits per heavy atom. The molecular formula is C32H35ClN2O4. The van der Waals surface area contributed by atoms with Crippen LogP contribution in [-0.4, -0.2) is 54.7 Å². The molecule has 7 heteroatoms. The number of fused-ring (bicyclic) bond motifs is 1. The summed E-state index contributed by atoms with van der Waals surface area (Å²) in [5.74, 6) is 2.13. The predicted molar refractivity (Wildman–Crippen MR) is 156 cm³/mol. The van der Waals surface area contributed by atoms with Crippen molar-refractivity contribution in [1.29, 1.82) is 0 Å². The van der Waals surface area contributed by atoms with Gasteiger partial charge in [0, 0.05) is 59.4 Å². The summed E-state index contributed by atoms with van der Waals surface area (Å²) in [4.78, 5) is 16.1. The van der Waals surface area contributed by atoms with Gasteiger partial charge in [0.2, 0.25) is 0 Å². The van der Waals surface area contributed by atoms with Gasteiger partial charge in [0.15, 0.2) is 5.78 Å². The van der Waals surface area contributed by atoms with Gasteiger partial charge in [-0.2, -0.15) is 0 Å². The SMILES string of the molecule is CCCCn1cc(C(=O)c2ccc(OCCCN3CCOCC3)cc2)c2cc(Oc3ccc(Cl)cc3)ccc21. The minimum atomic E-state index is -0.0160. The van der Waals surface area contributed by atoms with Crippen molar-refractivity contribution in [2.75, 3.05) is 39.5 Å². The quantitative estimate of drug-likeness (QED) is 0.139. The highest BCUT2D eigenvalue weighted by Gasteiger charge is 2.18. The van der Waals surface area contributed by atoms with E-state index in [2.05, 4.69) is 16.4 Å². The van der Waals surface area contributed by atoms with Gasteiger partial charge in [0.25, 0.3) is 0 Å². The molecule has 6 nitrogen and oxygen atoms in total. The van der Waals surface area contributed by atoms with Crippen molar-refractivity contribution in [3.8, 4) is 17.2 Å². The molecule has 1 fully saturated rings. The van der Waals surface area contributed by atoms with Crippen molar-refractivity contribution in [3.63, 3.8) is 0 Å². The van der Waals surface area contributed by atoms with Gasteiger partial charge in [-0.15, -0.1) is 0 Å². The average Bonchev–Trinajstić information content (AvgIpc) is 3.33. The molecule has 39 heavy (non-hydrogen) atoms. The number of aryl methyl sites for hydroxylation is 1. The molecule has 0 unspecified atom stereocenters. The molecule has 1 aliphatic rings. The highest BCUT2D eigenvalue weighted by Crippen LogP contribution is 2.31. The molecule has 5 rings (SSSR count). The number of benzene rings is 3. The third kappa shape index (κ3) is 7.01. The summed E-state index contributed by atoms with van der Waals surface area (Å²) >= 11 is 6.01. The lowest BCUT2D eigenvalue weighted by atomic mass is 10.0. The van der Waals surface area contributed by atoms with Crippen molar-refractivity contribution in [3.05, 3.63) is 89.1 Å². The smallest absolute Gasteiger partial charge is 0.195 e. The third-order valence-electron chi connectivity index (χ3n) is 7.01. The maximum absolute atomic E-state index is 13.7. The number of rotatable bonds is 12. The number of carbonyl (C=O) groups excluding carboxylic acids is 1. The second kappa shape index (κ2) is 13.2. The first-order chi connectivity index (χ1) is 19.1. The van der Waals surface area contributed by atoms with Gasteiger partial charge in [-0.05, 0) is 79.6 Å². The van der Waals surface area contributed by atoms with Crippen LogP contribution in [0.5, 0.6) is 17.2 Å². The van der Waals surface area contributed by atoms with Crippen LogP contribution in [0.3, 0.4) is 0 Å². The van der Waals surface area contributed by atoms with E-state index in [1.807, 2.05) is 60.8 Å². The zero-order chi connectivity index (χ0) is 27.0. The second-order valence-electron chi connectivity index (χ2n) is 9.83. The molecule has 0 radical (unpaired) electrons. The summed E-state index contributed by atoms with van der Waals surface area (Å²) < 4.78 is 19.6. The van der Waals surface area contributed by atoms with Crippen LogP contribution in [0.15, 0.2) is 72.9 Å². The van der Waals surface area contributed by atoms with Crippen LogP contribution in [0, 0.1) is 0 Å². The maximum Gasteiger partial charge on any atom is 0.195 e. The number of carbonyl (C=O) groups is 1. The molecule has 0 saturated carbocycles. The highest BCUT2D eigenvalue weighted by molar-refractivity contribution is 6.30. The minimum absolute atomic E-state index is 0.0160. The van der Waals surface area contributed by atoms with Gasteiger partial charge in [-0.25, -0.2) is 0 Å². The Hall–Kier alpha value is -3.32. The zero-order valence-electron chi connectivity index (χ0n) is 22.4. The Morgan fingerprint density at radius 1 is 0.897 bits per heavy atom. The summed E-state index contributed by atoms with van der Waals surface area (Å²) in [6.45, 7) is 8.27. The van der Waals surface area contributed by atoms with Gasteiger partial charge < -0.3 is 18.8 Å². The molecule has 0 bridgehead atoms. The van der Waals surface area contributed by atoms with Gasteiger partial charge in [0.05, 0.1) is 19.8 Å². The largest absolute Gasteiger partial charge is 0.494 e. The van der Waals surface area contributed by atoms with Crippen LogP contribution in [-0.2, 0) is 11.3 Å². The Morgan fingerprint density at radius 2 is 1.62 bits per heavy atom. The number of hydrogen-bond acceptors (Lipinski definition) is 5. The first kappa shape index (κ1) is 27.3. The van der Waals surface area contributed by atoms with Crippen LogP contribution in [0.25, 0.3) is 10.9 Å². The number of unbranched alkanes of at least 4 members (excludes halogenated alkanes) is 1. The molecule has 1 aliphatic heterocycles. The van der Waals surface area contributed by atoms with Crippen LogP contribution in [0.2, 0.25) is 5.02 Å². The molecule has 204 valence electrons. The van der Waals surface area contributed by atoms with E-state index < -0.39 is 0 Å². The Bertz CT molecular complexity index is 1380. The molecule has 1 aromatic heterocycles. The summed E-state index contributed by atoms with van der Waals surface area (Å²) in [6, 6.07) is 20.6. The molecule has 0 N–H and O–H groups in total. The zero-order valence-corrected chi connectivity index (χ0v) is 23.2. The molecule has 0 spiro atoms. The molecule has 0 amide bonds. The van der Waals surface area contributed by atoms with Crippen LogP contribution in [0.1, 0.15) is 42.1 Å². The van der Waals surface area contributed by atoms with E-state index in [4.69, 9.17) is 25.8 Å². The van der Waals surface area contributed by atoms with E-state index in [9.17, 15) is 4.79 Å². The number of ketones is 1. The number of nitrogens with zero attached hydrogens (tertiary/aromatic N) is 2. The van der Waals surface area contributed by atoms with Crippen molar-refractivity contribution in [2.45, 2.75) is 32.7 Å². The van der Waals surface area contributed by atoms with E-state index in [0.29, 0.717) is 34.3 Å². The molecule has 0 aliphatic carbocycles. The monoisotopic (exact) mass is 546 g/mol. The van der Waals surface area contributed by atoms with Crippen molar-refractivity contribution in [2.24, 2.45) is 0 Å². The lowest BCUT2D eigenvalue weighted by Gasteiger charge is -2.26. The molecule has 1 saturated heterocycles. The average molecular weight is 547 g/mol. The topological polar surface area (TPSA) is 52.9 Å². The Kier molecular flexibility index (Phi) is 9.19. The fourth-order valence-corrected chi connectivity index (χ4v) is 4.96. The van der Waals surface area contributed by atoms with E-state index in [-0.39, 0.29) is 5.78 Å².